The smallest absolute Gasteiger partial charge is 0.238 e. The van der Waals surface area contributed by atoms with Gasteiger partial charge in [-0.25, -0.2) is 27.9 Å². The van der Waals surface area contributed by atoms with Crippen LogP contribution in [0.3, 0.4) is 0 Å². The number of hydrogen-bond acceptors (Lipinski definition) is 5. The molecule has 0 unspecified atom stereocenters. The van der Waals surface area contributed by atoms with Gasteiger partial charge in [0.25, 0.3) is 0 Å². The van der Waals surface area contributed by atoms with Crippen LogP contribution in [0.4, 0.5) is 10.2 Å². The van der Waals surface area contributed by atoms with E-state index < -0.39 is 10.0 Å². The highest BCUT2D eigenvalue weighted by Crippen LogP contribution is 2.20. The minimum atomic E-state index is -3.66. The zero-order valence-corrected chi connectivity index (χ0v) is 14.1. The van der Waals surface area contributed by atoms with Gasteiger partial charge < -0.3 is 5.32 Å². The van der Waals surface area contributed by atoms with Crippen LogP contribution in [-0.4, -0.2) is 24.9 Å². The summed E-state index contributed by atoms with van der Waals surface area (Å²) < 4.78 is 35.9. The third kappa shape index (κ3) is 4.28. The van der Waals surface area contributed by atoms with E-state index in [4.69, 9.17) is 5.14 Å². The number of nitrogens with two attached hydrogens (primary N) is 1. The lowest BCUT2D eigenvalue weighted by atomic mass is 10.1. The van der Waals surface area contributed by atoms with Crippen LogP contribution in [-0.2, 0) is 16.4 Å². The molecule has 3 aromatic rings. The van der Waals surface area contributed by atoms with E-state index >= 15 is 0 Å². The summed E-state index contributed by atoms with van der Waals surface area (Å²) >= 11 is 0. The number of anilines is 1. The molecule has 0 saturated heterocycles. The Hall–Kier alpha value is -2.58. The Morgan fingerprint density at radius 2 is 1.84 bits per heavy atom. The Morgan fingerprint density at radius 1 is 1.08 bits per heavy atom. The lowest BCUT2D eigenvalue weighted by Gasteiger charge is -2.08. The highest BCUT2D eigenvalue weighted by molar-refractivity contribution is 7.89. The SMILES string of the molecule is NS(=O)(=O)c1ccc(CCCNc2ncnc3ccc(F)cc23)cc1. The summed E-state index contributed by atoms with van der Waals surface area (Å²) in [4.78, 5) is 8.37. The van der Waals surface area contributed by atoms with E-state index in [0.29, 0.717) is 23.3 Å². The predicted molar refractivity (Wildman–Crippen MR) is 94.1 cm³/mol. The molecule has 3 N–H and O–H groups in total. The van der Waals surface area contributed by atoms with Crippen LogP contribution in [0.5, 0.6) is 0 Å². The average Bonchev–Trinajstić information content (AvgIpc) is 2.58. The minimum Gasteiger partial charge on any atom is -0.369 e. The summed E-state index contributed by atoms with van der Waals surface area (Å²) in [5, 5.41) is 8.90. The van der Waals surface area contributed by atoms with Crippen LogP contribution in [0.1, 0.15) is 12.0 Å². The Balaban J connectivity index is 1.60. The number of halogens is 1. The Bertz CT molecular complexity index is 991. The third-order valence-electron chi connectivity index (χ3n) is 3.78. The quantitative estimate of drug-likeness (QED) is 0.658. The van der Waals surface area contributed by atoms with Crippen LogP contribution in [0, 0.1) is 5.82 Å². The van der Waals surface area contributed by atoms with Crippen molar-refractivity contribution in [1.29, 1.82) is 0 Å². The first-order chi connectivity index (χ1) is 11.9. The number of hydrogen-bond donors (Lipinski definition) is 2. The number of fused-ring (bicyclic) bond motifs is 1. The molecule has 130 valence electrons. The van der Waals surface area contributed by atoms with Gasteiger partial charge in [-0.3, -0.25) is 0 Å². The van der Waals surface area contributed by atoms with Gasteiger partial charge in [0, 0.05) is 11.9 Å². The molecule has 0 radical (unpaired) electrons. The predicted octanol–water partition coefficient (Wildman–Crippen LogP) is 2.46. The molecule has 3 rings (SSSR count). The van der Waals surface area contributed by atoms with Crippen molar-refractivity contribution >= 4 is 26.7 Å². The van der Waals surface area contributed by atoms with Crippen LogP contribution < -0.4 is 10.5 Å². The van der Waals surface area contributed by atoms with Crippen molar-refractivity contribution in [1.82, 2.24) is 9.97 Å². The highest BCUT2D eigenvalue weighted by Gasteiger charge is 2.07. The Morgan fingerprint density at radius 3 is 2.56 bits per heavy atom. The number of primary sulfonamides is 1. The van der Waals surface area contributed by atoms with E-state index in [9.17, 15) is 12.8 Å². The van der Waals surface area contributed by atoms with Crippen molar-refractivity contribution in [2.45, 2.75) is 17.7 Å². The van der Waals surface area contributed by atoms with Gasteiger partial charge in [-0.2, -0.15) is 0 Å². The fourth-order valence-electron chi connectivity index (χ4n) is 2.51. The summed E-state index contributed by atoms with van der Waals surface area (Å²) in [6.45, 7) is 0.638. The molecule has 0 aliphatic carbocycles. The maximum atomic E-state index is 13.4. The number of sulfonamides is 1. The summed E-state index contributed by atoms with van der Waals surface area (Å²) in [5.74, 6) is 0.259. The summed E-state index contributed by atoms with van der Waals surface area (Å²) in [7, 11) is -3.66. The molecule has 0 saturated carbocycles. The molecule has 0 bridgehead atoms. The highest BCUT2D eigenvalue weighted by atomic mass is 32.2. The molecule has 0 atom stereocenters. The molecule has 1 heterocycles. The summed E-state index contributed by atoms with van der Waals surface area (Å²) in [5.41, 5.74) is 1.69. The number of nitrogens with zero attached hydrogens (tertiary/aromatic N) is 2. The van der Waals surface area contributed by atoms with E-state index in [1.807, 2.05) is 0 Å². The van der Waals surface area contributed by atoms with E-state index in [1.165, 1.54) is 30.6 Å². The van der Waals surface area contributed by atoms with Crippen LogP contribution in [0.2, 0.25) is 0 Å². The number of aromatic nitrogens is 2. The van der Waals surface area contributed by atoms with Gasteiger partial charge in [-0.15, -0.1) is 0 Å². The lowest BCUT2D eigenvalue weighted by molar-refractivity contribution is 0.597. The van der Waals surface area contributed by atoms with Gasteiger partial charge >= 0.3 is 0 Å². The van der Waals surface area contributed by atoms with E-state index in [1.54, 1.807) is 18.2 Å². The molecular formula is C17H17FN4O2S. The normalized spacial score (nSPS) is 11.6. The fraction of sp³-hybridized carbons (Fsp3) is 0.176. The first kappa shape index (κ1) is 17.2. The summed E-state index contributed by atoms with van der Waals surface area (Å²) in [6.07, 6.45) is 3.00. The van der Waals surface area contributed by atoms with Crippen LogP contribution in [0.25, 0.3) is 10.9 Å². The second-order valence-corrected chi connectivity index (χ2v) is 7.16. The van der Waals surface area contributed by atoms with Crippen LogP contribution >= 0.6 is 0 Å². The topological polar surface area (TPSA) is 98.0 Å². The number of rotatable bonds is 6. The molecule has 0 amide bonds. The van der Waals surface area contributed by atoms with Crippen molar-refractivity contribution in [3.63, 3.8) is 0 Å². The molecular weight excluding hydrogens is 343 g/mol. The Labute approximate surface area is 145 Å². The minimum absolute atomic E-state index is 0.101. The van der Waals surface area contributed by atoms with Gasteiger partial charge in [0.1, 0.15) is 18.0 Å². The van der Waals surface area contributed by atoms with Gasteiger partial charge in [0.05, 0.1) is 10.4 Å². The zero-order chi connectivity index (χ0) is 17.9. The van der Waals surface area contributed by atoms with Gasteiger partial charge in [0.15, 0.2) is 0 Å². The largest absolute Gasteiger partial charge is 0.369 e. The molecule has 1 aromatic heterocycles. The maximum absolute atomic E-state index is 13.4. The molecule has 0 fully saturated rings. The van der Waals surface area contributed by atoms with Crippen molar-refractivity contribution in [3.05, 3.63) is 60.2 Å². The third-order valence-corrected chi connectivity index (χ3v) is 4.71. The van der Waals surface area contributed by atoms with Crippen LogP contribution in [0.15, 0.2) is 53.7 Å². The summed E-state index contributed by atoms with van der Waals surface area (Å²) in [6, 6.07) is 10.9. The number of nitrogens with one attached hydrogen (secondary N) is 1. The number of aryl methyl sites for hydroxylation is 1. The van der Waals surface area contributed by atoms with E-state index in [-0.39, 0.29) is 10.7 Å². The Kier molecular flexibility index (Phi) is 4.91. The van der Waals surface area contributed by atoms with Crippen molar-refractivity contribution in [2.75, 3.05) is 11.9 Å². The zero-order valence-electron chi connectivity index (χ0n) is 13.3. The molecule has 0 aliphatic heterocycles. The second kappa shape index (κ2) is 7.12. The average molecular weight is 360 g/mol. The fourth-order valence-corrected chi connectivity index (χ4v) is 3.03. The molecule has 6 nitrogen and oxygen atoms in total. The molecule has 2 aromatic carbocycles. The van der Waals surface area contributed by atoms with Gasteiger partial charge in [-0.1, -0.05) is 12.1 Å². The van der Waals surface area contributed by atoms with Crippen molar-refractivity contribution in [2.24, 2.45) is 5.14 Å². The molecule has 0 aliphatic rings. The van der Waals surface area contributed by atoms with Crippen molar-refractivity contribution in [3.8, 4) is 0 Å². The monoisotopic (exact) mass is 360 g/mol. The first-order valence-corrected chi connectivity index (χ1v) is 9.24. The molecule has 25 heavy (non-hydrogen) atoms. The maximum Gasteiger partial charge on any atom is 0.238 e. The number of benzene rings is 2. The lowest BCUT2D eigenvalue weighted by Crippen LogP contribution is -2.12. The van der Waals surface area contributed by atoms with Gasteiger partial charge in [-0.05, 0) is 48.7 Å². The van der Waals surface area contributed by atoms with E-state index in [0.717, 1.165) is 18.4 Å². The second-order valence-electron chi connectivity index (χ2n) is 5.60. The first-order valence-electron chi connectivity index (χ1n) is 7.69. The standard InChI is InChI=1S/C17H17FN4O2S/c18-13-5-8-16-15(10-13)17(22-11-21-16)20-9-1-2-12-3-6-14(7-4-12)25(19,23)24/h3-8,10-11H,1-2,9H2,(H2,19,23,24)(H,20,21,22). The van der Waals surface area contributed by atoms with E-state index in [2.05, 4.69) is 15.3 Å². The van der Waals surface area contributed by atoms with Crippen molar-refractivity contribution < 1.29 is 12.8 Å². The molecule has 8 heteroatoms. The van der Waals surface area contributed by atoms with Gasteiger partial charge in [0.2, 0.25) is 10.0 Å². The molecule has 0 spiro atoms.